The van der Waals surface area contributed by atoms with Gasteiger partial charge in [-0.25, -0.2) is 4.98 Å². The van der Waals surface area contributed by atoms with Gasteiger partial charge in [0.15, 0.2) is 5.78 Å². The maximum Gasteiger partial charge on any atom is 0.163 e. The lowest BCUT2D eigenvalue weighted by Gasteiger charge is -2.07. The molecule has 5 heteroatoms. The van der Waals surface area contributed by atoms with Crippen LogP contribution in [0.5, 0.6) is 5.75 Å². The second-order valence-electron chi connectivity index (χ2n) is 4.69. The summed E-state index contributed by atoms with van der Waals surface area (Å²) in [4.78, 5) is 16.0. The van der Waals surface area contributed by atoms with Crippen LogP contribution in [0.4, 0.5) is 0 Å². The first-order valence-corrected chi connectivity index (χ1v) is 6.87. The van der Waals surface area contributed by atoms with Crippen LogP contribution in [0, 0.1) is 0 Å². The van der Waals surface area contributed by atoms with Crippen LogP contribution in [0.25, 0.3) is 5.65 Å². The van der Waals surface area contributed by atoms with Crippen molar-refractivity contribution in [2.75, 3.05) is 0 Å². The molecule has 0 saturated carbocycles. The number of halogens is 1. The van der Waals surface area contributed by atoms with E-state index in [1.54, 1.807) is 24.4 Å². The van der Waals surface area contributed by atoms with E-state index in [-0.39, 0.29) is 5.78 Å². The summed E-state index contributed by atoms with van der Waals surface area (Å²) in [6.45, 7) is 1.82. The van der Waals surface area contributed by atoms with Crippen molar-refractivity contribution >= 4 is 23.0 Å². The van der Waals surface area contributed by atoms with Crippen LogP contribution in [-0.4, -0.2) is 15.2 Å². The smallest absolute Gasteiger partial charge is 0.163 e. The number of aromatic nitrogens is 2. The molecule has 106 valence electrons. The van der Waals surface area contributed by atoms with Gasteiger partial charge in [-0.3, -0.25) is 4.79 Å². The number of imidazole rings is 1. The van der Waals surface area contributed by atoms with Crippen LogP contribution >= 0.6 is 11.6 Å². The number of hydrogen-bond acceptors (Lipinski definition) is 3. The van der Waals surface area contributed by atoms with Crippen LogP contribution in [0.2, 0.25) is 5.02 Å². The highest BCUT2D eigenvalue weighted by Gasteiger charge is 2.09. The SMILES string of the molecule is CC(=O)c1ccccc1OCc1cn2cc(Cl)ccc2n1. The third kappa shape index (κ3) is 2.90. The van der Waals surface area contributed by atoms with Gasteiger partial charge in [-0.1, -0.05) is 23.7 Å². The number of carbonyl (C=O) groups is 1. The lowest BCUT2D eigenvalue weighted by molar-refractivity contribution is 0.101. The Balaban J connectivity index is 1.82. The van der Waals surface area contributed by atoms with E-state index >= 15 is 0 Å². The van der Waals surface area contributed by atoms with Gasteiger partial charge < -0.3 is 9.14 Å². The van der Waals surface area contributed by atoms with Gasteiger partial charge in [0.25, 0.3) is 0 Å². The van der Waals surface area contributed by atoms with Crippen molar-refractivity contribution in [2.24, 2.45) is 0 Å². The number of ether oxygens (including phenoxy) is 1. The third-order valence-electron chi connectivity index (χ3n) is 3.11. The molecule has 0 aliphatic rings. The number of benzene rings is 1. The van der Waals surface area contributed by atoms with E-state index in [0.29, 0.717) is 22.9 Å². The molecular weight excluding hydrogens is 288 g/mol. The van der Waals surface area contributed by atoms with Crippen LogP contribution in [0.3, 0.4) is 0 Å². The molecule has 2 aromatic heterocycles. The molecular formula is C16H13ClN2O2. The number of Topliss-reactive ketones (excluding diaryl/α,β-unsaturated/α-hetero) is 1. The summed E-state index contributed by atoms with van der Waals surface area (Å²) in [5.74, 6) is 0.549. The van der Waals surface area contributed by atoms with Crippen LogP contribution in [0.15, 0.2) is 48.8 Å². The molecule has 0 fully saturated rings. The zero-order valence-corrected chi connectivity index (χ0v) is 12.2. The van der Waals surface area contributed by atoms with Crippen molar-refractivity contribution in [3.05, 3.63) is 65.1 Å². The van der Waals surface area contributed by atoms with Crippen LogP contribution < -0.4 is 4.74 Å². The Hall–Kier alpha value is -2.33. The minimum Gasteiger partial charge on any atom is -0.486 e. The normalized spacial score (nSPS) is 10.8. The molecule has 3 aromatic rings. The van der Waals surface area contributed by atoms with Crippen molar-refractivity contribution in [2.45, 2.75) is 13.5 Å². The Morgan fingerprint density at radius 3 is 2.86 bits per heavy atom. The van der Waals surface area contributed by atoms with Crippen molar-refractivity contribution < 1.29 is 9.53 Å². The van der Waals surface area contributed by atoms with Gasteiger partial charge in [0.2, 0.25) is 0 Å². The summed E-state index contributed by atoms with van der Waals surface area (Å²) in [6.07, 6.45) is 3.65. The van der Waals surface area contributed by atoms with Gasteiger partial charge in [0.1, 0.15) is 18.0 Å². The summed E-state index contributed by atoms with van der Waals surface area (Å²) in [5, 5.41) is 0.647. The Labute approximate surface area is 126 Å². The molecule has 0 unspecified atom stereocenters. The number of ketones is 1. The molecule has 3 rings (SSSR count). The zero-order valence-electron chi connectivity index (χ0n) is 11.4. The number of rotatable bonds is 4. The number of carbonyl (C=O) groups excluding carboxylic acids is 1. The molecule has 0 radical (unpaired) electrons. The molecule has 0 aliphatic carbocycles. The molecule has 0 N–H and O–H groups in total. The first-order valence-electron chi connectivity index (χ1n) is 6.49. The quantitative estimate of drug-likeness (QED) is 0.689. The maximum atomic E-state index is 11.5. The average Bonchev–Trinajstić information content (AvgIpc) is 2.87. The van der Waals surface area contributed by atoms with Crippen molar-refractivity contribution in [1.82, 2.24) is 9.38 Å². The molecule has 4 nitrogen and oxygen atoms in total. The fraction of sp³-hybridized carbons (Fsp3) is 0.125. The second kappa shape index (κ2) is 5.58. The topological polar surface area (TPSA) is 43.6 Å². The van der Waals surface area contributed by atoms with Crippen molar-refractivity contribution in [3.63, 3.8) is 0 Å². The minimum absolute atomic E-state index is 0.0209. The highest BCUT2D eigenvalue weighted by Crippen LogP contribution is 2.20. The number of para-hydroxylation sites is 1. The lowest BCUT2D eigenvalue weighted by Crippen LogP contribution is -2.01. The second-order valence-corrected chi connectivity index (χ2v) is 5.12. The lowest BCUT2D eigenvalue weighted by atomic mass is 10.1. The number of nitrogens with zero attached hydrogens (tertiary/aromatic N) is 2. The standard InChI is InChI=1S/C16H13ClN2O2/c1-11(20)14-4-2-3-5-15(14)21-10-13-9-19-8-12(17)6-7-16(19)18-13/h2-9H,10H2,1H3. The van der Waals surface area contributed by atoms with Gasteiger partial charge in [0, 0.05) is 12.4 Å². The number of pyridine rings is 1. The van der Waals surface area contributed by atoms with Gasteiger partial charge >= 0.3 is 0 Å². The largest absolute Gasteiger partial charge is 0.486 e. The molecule has 1 aromatic carbocycles. The van der Waals surface area contributed by atoms with E-state index < -0.39 is 0 Å². The van der Waals surface area contributed by atoms with E-state index in [9.17, 15) is 4.79 Å². The minimum atomic E-state index is -0.0209. The molecule has 0 spiro atoms. The van der Waals surface area contributed by atoms with Crippen LogP contribution in [-0.2, 0) is 6.61 Å². The van der Waals surface area contributed by atoms with E-state index in [2.05, 4.69) is 4.98 Å². The van der Waals surface area contributed by atoms with E-state index in [1.165, 1.54) is 6.92 Å². The summed E-state index contributed by atoms with van der Waals surface area (Å²) < 4.78 is 7.56. The average molecular weight is 301 g/mol. The Kier molecular flexibility index (Phi) is 3.62. The Morgan fingerprint density at radius 2 is 2.05 bits per heavy atom. The van der Waals surface area contributed by atoms with Crippen molar-refractivity contribution in [1.29, 1.82) is 0 Å². The molecule has 0 atom stereocenters. The predicted octanol–water partition coefficient (Wildman–Crippen LogP) is 3.77. The molecule has 0 bridgehead atoms. The van der Waals surface area contributed by atoms with Crippen molar-refractivity contribution in [3.8, 4) is 5.75 Å². The van der Waals surface area contributed by atoms with Gasteiger partial charge in [0.05, 0.1) is 16.3 Å². The first kappa shape index (κ1) is 13.6. The molecule has 0 aliphatic heterocycles. The predicted molar refractivity (Wildman–Crippen MR) is 81.0 cm³/mol. The zero-order chi connectivity index (χ0) is 14.8. The first-order chi connectivity index (χ1) is 10.1. The van der Waals surface area contributed by atoms with E-state index in [0.717, 1.165) is 11.3 Å². The number of fused-ring (bicyclic) bond motifs is 1. The summed E-state index contributed by atoms with van der Waals surface area (Å²) in [6, 6.07) is 10.8. The fourth-order valence-corrected chi connectivity index (χ4v) is 2.29. The molecule has 0 amide bonds. The Bertz CT molecular complexity index is 811. The molecule has 0 saturated heterocycles. The maximum absolute atomic E-state index is 11.5. The highest BCUT2D eigenvalue weighted by molar-refractivity contribution is 6.30. The molecule has 2 heterocycles. The van der Waals surface area contributed by atoms with E-state index in [1.807, 2.05) is 28.8 Å². The Morgan fingerprint density at radius 1 is 1.24 bits per heavy atom. The van der Waals surface area contributed by atoms with Gasteiger partial charge in [-0.05, 0) is 31.2 Å². The van der Waals surface area contributed by atoms with E-state index in [4.69, 9.17) is 16.3 Å². The van der Waals surface area contributed by atoms with Gasteiger partial charge in [-0.2, -0.15) is 0 Å². The summed E-state index contributed by atoms with van der Waals surface area (Å²) in [5.41, 5.74) is 2.15. The fourth-order valence-electron chi connectivity index (χ4n) is 2.12. The number of hydrogen-bond donors (Lipinski definition) is 0. The summed E-state index contributed by atoms with van der Waals surface area (Å²) >= 11 is 5.94. The third-order valence-corrected chi connectivity index (χ3v) is 3.33. The monoisotopic (exact) mass is 300 g/mol. The van der Waals surface area contributed by atoms with Gasteiger partial charge in [-0.15, -0.1) is 0 Å². The molecule has 21 heavy (non-hydrogen) atoms. The van der Waals surface area contributed by atoms with Crippen LogP contribution in [0.1, 0.15) is 23.0 Å². The summed E-state index contributed by atoms with van der Waals surface area (Å²) in [7, 11) is 0. The highest BCUT2D eigenvalue weighted by atomic mass is 35.5.